The van der Waals surface area contributed by atoms with Crippen LogP contribution in [0.1, 0.15) is 19.8 Å². The monoisotopic (exact) mass is 310 g/mol. The average molecular weight is 310 g/mol. The number of nitrogens with one attached hydrogen (secondary N) is 2. The number of rotatable bonds is 6. The Morgan fingerprint density at radius 2 is 2.29 bits per heavy atom. The Labute approximate surface area is 127 Å². The fraction of sp³-hybridized carbons (Fsp3) is 0.538. The second-order valence-corrected chi connectivity index (χ2v) is 5.66. The van der Waals surface area contributed by atoms with Gasteiger partial charge in [0.15, 0.2) is 5.82 Å². The summed E-state index contributed by atoms with van der Waals surface area (Å²) in [4.78, 5) is 22.5. The minimum Gasteiger partial charge on any atom is -0.376 e. The van der Waals surface area contributed by atoms with Crippen LogP contribution in [0, 0.1) is 0 Å². The molecule has 0 aromatic carbocycles. The van der Waals surface area contributed by atoms with Gasteiger partial charge in [-0.1, -0.05) is 11.8 Å². The largest absolute Gasteiger partial charge is 0.376 e. The van der Waals surface area contributed by atoms with Crippen LogP contribution in [0.5, 0.6) is 0 Å². The van der Waals surface area contributed by atoms with E-state index in [1.807, 2.05) is 0 Å². The second-order valence-electron chi connectivity index (χ2n) is 4.67. The molecule has 114 valence electrons. The number of hydrogen-bond acceptors (Lipinski definition) is 6. The zero-order valence-corrected chi connectivity index (χ0v) is 12.6. The van der Waals surface area contributed by atoms with E-state index in [0.717, 1.165) is 19.4 Å². The van der Waals surface area contributed by atoms with Gasteiger partial charge in [0.2, 0.25) is 11.8 Å². The number of carbonyl (C=O) groups is 2. The maximum absolute atomic E-state index is 11.7. The molecular weight excluding hydrogens is 292 g/mol. The van der Waals surface area contributed by atoms with Gasteiger partial charge < -0.3 is 15.4 Å². The van der Waals surface area contributed by atoms with Crippen LogP contribution in [-0.2, 0) is 14.3 Å². The Bertz CT molecular complexity index is 489. The molecule has 0 aliphatic carbocycles. The highest BCUT2D eigenvalue weighted by Crippen LogP contribution is 2.15. The van der Waals surface area contributed by atoms with Gasteiger partial charge in [-0.15, -0.1) is 10.2 Å². The Balaban J connectivity index is 1.69. The number of anilines is 1. The van der Waals surface area contributed by atoms with Crippen LogP contribution in [0.25, 0.3) is 0 Å². The predicted molar refractivity (Wildman–Crippen MR) is 79.0 cm³/mol. The Morgan fingerprint density at radius 3 is 2.90 bits per heavy atom. The van der Waals surface area contributed by atoms with Crippen molar-refractivity contribution in [1.29, 1.82) is 0 Å². The molecule has 1 fully saturated rings. The van der Waals surface area contributed by atoms with Crippen molar-refractivity contribution < 1.29 is 14.3 Å². The molecular formula is C13H18N4O3S. The first kappa shape index (κ1) is 15.7. The summed E-state index contributed by atoms with van der Waals surface area (Å²) in [6, 6.07) is 3.37. The highest BCUT2D eigenvalue weighted by atomic mass is 32.2. The zero-order chi connectivity index (χ0) is 15.1. The van der Waals surface area contributed by atoms with E-state index in [9.17, 15) is 9.59 Å². The third-order valence-electron chi connectivity index (χ3n) is 2.85. The fourth-order valence-corrected chi connectivity index (χ4v) is 2.51. The number of hydrogen-bond donors (Lipinski definition) is 2. The van der Waals surface area contributed by atoms with Crippen molar-refractivity contribution >= 4 is 29.4 Å². The molecule has 0 saturated carbocycles. The van der Waals surface area contributed by atoms with E-state index in [0.29, 0.717) is 17.4 Å². The SMILES string of the molecule is CC(=O)Nc1ccc(SCC(=O)NC[C@@H]2CCCO2)nn1. The molecule has 0 radical (unpaired) electrons. The molecule has 1 atom stereocenters. The summed E-state index contributed by atoms with van der Waals surface area (Å²) in [6.45, 7) is 2.75. The lowest BCUT2D eigenvalue weighted by Gasteiger charge is -2.10. The number of amides is 2. The number of thioether (sulfide) groups is 1. The quantitative estimate of drug-likeness (QED) is 0.756. The summed E-state index contributed by atoms with van der Waals surface area (Å²) in [7, 11) is 0. The minimum absolute atomic E-state index is 0.0526. The molecule has 0 unspecified atom stereocenters. The maximum atomic E-state index is 11.7. The first-order chi connectivity index (χ1) is 10.1. The van der Waals surface area contributed by atoms with Gasteiger partial charge in [0, 0.05) is 20.1 Å². The Morgan fingerprint density at radius 1 is 1.43 bits per heavy atom. The summed E-state index contributed by atoms with van der Waals surface area (Å²) < 4.78 is 5.43. The third kappa shape index (κ3) is 5.68. The lowest BCUT2D eigenvalue weighted by Crippen LogP contribution is -2.32. The first-order valence-corrected chi connectivity index (χ1v) is 7.74. The van der Waals surface area contributed by atoms with Crippen molar-refractivity contribution in [3.05, 3.63) is 12.1 Å². The molecule has 1 aromatic heterocycles. The minimum atomic E-state index is -0.196. The van der Waals surface area contributed by atoms with Gasteiger partial charge in [-0.05, 0) is 25.0 Å². The Kier molecular flexibility index (Phi) is 5.94. The number of ether oxygens (including phenoxy) is 1. The second kappa shape index (κ2) is 7.94. The molecule has 2 amide bonds. The van der Waals surface area contributed by atoms with Crippen LogP contribution in [0.3, 0.4) is 0 Å². The zero-order valence-electron chi connectivity index (χ0n) is 11.8. The van der Waals surface area contributed by atoms with Gasteiger partial charge in [0.25, 0.3) is 0 Å². The van der Waals surface area contributed by atoms with Gasteiger partial charge in [-0.2, -0.15) is 0 Å². The smallest absolute Gasteiger partial charge is 0.230 e. The van der Waals surface area contributed by atoms with Gasteiger partial charge in [0.05, 0.1) is 11.9 Å². The third-order valence-corrected chi connectivity index (χ3v) is 3.77. The molecule has 2 N–H and O–H groups in total. The molecule has 1 aromatic rings. The molecule has 1 saturated heterocycles. The predicted octanol–water partition coefficient (Wildman–Crippen LogP) is 0.822. The van der Waals surface area contributed by atoms with Crippen molar-refractivity contribution in [2.75, 3.05) is 24.2 Å². The van der Waals surface area contributed by atoms with Gasteiger partial charge in [-0.3, -0.25) is 9.59 Å². The van der Waals surface area contributed by atoms with E-state index in [1.54, 1.807) is 12.1 Å². The van der Waals surface area contributed by atoms with Crippen molar-refractivity contribution in [2.45, 2.75) is 30.9 Å². The molecule has 0 bridgehead atoms. The van der Waals surface area contributed by atoms with Crippen LogP contribution in [0.15, 0.2) is 17.2 Å². The summed E-state index contributed by atoms with van der Waals surface area (Å²) in [6.07, 6.45) is 2.21. The van der Waals surface area contributed by atoms with Crippen molar-refractivity contribution in [2.24, 2.45) is 0 Å². The summed E-state index contributed by atoms with van der Waals surface area (Å²) in [5, 5.41) is 13.8. The number of aromatic nitrogens is 2. The number of carbonyl (C=O) groups excluding carboxylic acids is 2. The fourth-order valence-electron chi connectivity index (χ4n) is 1.87. The normalized spacial score (nSPS) is 17.5. The molecule has 2 heterocycles. The van der Waals surface area contributed by atoms with Crippen LogP contribution in [0.4, 0.5) is 5.82 Å². The van der Waals surface area contributed by atoms with E-state index in [1.165, 1.54) is 18.7 Å². The van der Waals surface area contributed by atoms with E-state index < -0.39 is 0 Å². The summed E-state index contributed by atoms with van der Waals surface area (Å²) >= 11 is 1.30. The van der Waals surface area contributed by atoms with Gasteiger partial charge in [0.1, 0.15) is 5.03 Å². The molecule has 2 rings (SSSR count). The van der Waals surface area contributed by atoms with E-state index >= 15 is 0 Å². The highest BCUT2D eigenvalue weighted by Gasteiger charge is 2.16. The molecule has 0 spiro atoms. The van der Waals surface area contributed by atoms with Crippen LogP contribution in [-0.4, -0.2) is 47.0 Å². The van der Waals surface area contributed by atoms with Crippen molar-refractivity contribution in [3.63, 3.8) is 0 Å². The average Bonchev–Trinajstić information content (AvgIpc) is 2.97. The molecule has 21 heavy (non-hydrogen) atoms. The standard InChI is InChI=1S/C13H18N4O3S/c1-9(18)15-11-4-5-13(17-16-11)21-8-12(19)14-7-10-3-2-6-20-10/h4-5,10H,2-3,6-8H2,1H3,(H,14,19)(H,15,16,18)/t10-/m0/s1. The molecule has 1 aliphatic rings. The number of nitrogens with zero attached hydrogens (tertiary/aromatic N) is 2. The van der Waals surface area contributed by atoms with Crippen molar-refractivity contribution in [3.8, 4) is 0 Å². The van der Waals surface area contributed by atoms with Gasteiger partial charge in [-0.25, -0.2) is 0 Å². The summed E-state index contributed by atoms with van der Waals surface area (Å²) in [5.41, 5.74) is 0. The topological polar surface area (TPSA) is 93.2 Å². The molecule has 1 aliphatic heterocycles. The highest BCUT2D eigenvalue weighted by molar-refractivity contribution is 7.99. The lowest BCUT2D eigenvalue weighted by atomic mass is 10.2. The van der Waals surface area contributed by atoms with Crippen LogP contribution < -0.4 is 10.6 Å². The maximum Gasteiger partial charge on any atom is 0.230 e. The Hall–Kier alpha value is -1.67. The lowest BCUT2D eigenvalue weighted by molar-refractivity contribution is -0.119. The molecule has 8 heteroatoms. The van der Waals surface area contributed by atoms with Gasteiger partial charge >= 0.3 is 0 Å². The summed E-state index contributed by atoms with van der Waals surface area (Å²) in [5.74, 6) is 0.428. The van der Waals surface area contributed by atoms with E-state index in [4.69, 9.17) is 4.74 Å². The first-order valence-electron chi connectivity index (χ1n) is 6.76. The van der Waals surface area contributed by atoms with Crippen molar-refractivity contribution in [1.82, 2.24) is 15.5 Å². The van der Waals surface area contributed by atoms with Crippen LogP contribution >= 0.6 is 11.8 Å². The van der Waals surface area contributed by atoms with E-state index in [2.05, 4.69) is 20.8 Å². The molecule has 7 nitrogen and oxygen atoms in total. The van der Waals surface area contributed by atoms with Crippen LogP contribution in [0.2, 0.25) is 0 Å². The van der Waals surface area contributed by atoms with E-state index in [-0.39, 0.29) is 23.7 Å².